The first-order chi connectivity index (χ1) is 10.5. The summed E-state index contributed by atoms with van der Waals surface area (Å²) >= 11 is 0. The smallest absolute Gasteiger partial charge is 0.255 e. The second-order valence-corrected chi connectivity index (χ2v) is 5.55. The van der Waals surface area contributed by atoms with E-state index in [2.05, 4.69) is 10.6 Å². The number of fused-ring (bicyclic) bond motifs is 1. The summed E-state index contributed by atoms with van der Waals surface area (Å²) in [5.74, 6) is 0.514. The molecule has 0 bridgehead atoms. The van der Waals surface area contributed by atoms with E-state index in [4.69, 9.17) is 4.42 Å². The van der Waals surface area contributed by atoms with Crippen LogP contribution in [0.3, 0.4) is 0 Å². The minimum atomic E-state index is -0.148. The number of aryl methyl sites for hydroxylation is 2. The molecule has 1 aromatic heterocycles. The van der Waals surface area contributed by atoms with E-state index < -0.39 is 0 Å². The molecule has 114 valence electrons. The van der Waals surface area contributed by atoms with Gasteiger partial charge in [0.2, 0.25) is 5.91 Å². The van der Waals surface area contributed by atoms with Crippen LogP contribution in [0.1, 0.15) is 46.6 Å². The number of hydrogen-bond donors (Lipinski definition) is 2. The molecule has 0 unspecified atom stereocenters. The Morgan fingerprint density at radius 2 is 2.14 bits per heavy atom. The Morgan fingerprint density at radius 3 is 2.86 bits per heavy atom. The number of rotatable bonds is 3. The minimum absolute atomic E-state index is 0.0528. The van der Waals surface area contributed by atoms with Gasteiger partial charge in [-0.05, 0) is 43.5 Å². The molecule has 2 amide bonds. The van der Waals surface area contributed by atoms with E-state index in [9.17, 15) is 9.59 Å². The van der Waals surface area contributed by atoms with Gasteiger partial charge in [0, 0.05) is 12.1 Å². The maximum Gasteiger partial charge on any atom is 0.255 e. The number of carbonyl (C=O) groups is 2. The third-order valence-corrected chi connectivity index (χ3v) is 3.98. The SMILES string of the molecule is Cc1occc1C(=O)N[C@@H](C)c1ccc2c(c1)CCC(=O)N2. The molecule has 2 N–H and O–H groups in total. The van der Waals surface area contributed by atoms with Crippen molar-refractivity contribution in [1.29, 1.82) is 0 Å². The van der Waals surface area contributed by atoms with Crippen molar-refractivity contribution in [1.82, 2.24) is 5.32 Å². The Labute approximate surface area is 128 Å². The number of carbonyl (C=O) groups excluding carboxylic acids is 2. The van der Waals surface area contributed by atoms with Gasteiger partial charge in [-0.25, -0.2) is 0 Å². The maximum atomic E-state index is 12.2. The molecule has 1 aliphatic rings. The summed E-state index contributed by atoms with van der Waals surface area (Å²) in [4.78, 5) is 23.6. The fraction of sp³-hybridized carbons (Fsp3) is 0.294. The quantitative estimate of drug-likeness (QED) is 0.915. The molecular formula is C17H18N2O3. The summed E-state index contributed by atoms with van der Waals surface area (Å²) in [6.45, 7) is 3.71. The zero-order valence-corrected chi connectivity index (χ0v) is 12.6. The summed E-state index contributed by atoms with van der Waals surface area (Å²) in [6, 6.07) is 7.41. The van der Waals surface area contributed by atoms with Gasteiger partial charge in [0.05, 0.1) is 17.9 Å². The number of benzene rings is 1. The second-order valence-electron chi connectivity index (χ2n) is 5.55. The molecule has 5 heteroatoms. The number of furan rings is 1. The van der Waals surface area contributed by atoms with Crippen LogP contribution in [0.15, 0.2) is 34.9 Å². The highest BCUT2D eigenvalue weighted by Crippen LogP contribution is 2.26. The van der Waals surface area contributed by atoms with E-state index >= 15 is 0 Å². The van der Waals surface area contributed by atoms with Gasteiger partial charge in [-0.2, -0.15) is 0 Å². The highest BCUT2D eigenvalue weighted by atomic mass is 16.3. The molecule has 22 heavy (non-hydrogen) atoms. The monoisotopic (exact) mass is 298 g/mol. The van der Waals surface area contributed by atoms with E-state index in [1.54, 1.807) is 13.0 Å². The first kappa shape index (κ1) is 14.4. The Hall–Kier alpha value is -2.56. The Bertz CT molecular complexity index is 733. The molecule has 2 aromatic rings. The zero-order valence-electron chi connectivity index (χ0n) is 12.6. The lowest BCUT2D eigenvalue weighted by molar-refractivity contribution is -0.116. The van der Waals surface area contributed by atoms with Crippen LogP contribution in [0.2, 0.25) is 0 Å². The van der Waals surface area contributed by atoms with Crippen molar-refractivity contribution in [2.24, 2.45) is 0 Å². The summed E-state index contributed by atoms with van der Waals surface area (Å²) in [5, 5.41) is 5.83. The van der Waals surface area contributed by atoms with Crippen molar-refractivity contribution in [3.8, 4) is 0 Å². The van der Waals surface area contributed by atoms with E-state index in [1.807, 2.05) is 25.1 Å². The summed E-state index contributed by atoms with van der Waals surface area (Å²) in [6.07, 6.45) is 2.75. The third kappa shape index (κ3) is 2.74. The van der Waals surface area contributed by atoms with E-state index in [-0.39, 0.29) is 17.9 Å². The molecule has 0 aliphatic carbocycles. The van der Waals surface area contributed by atoms with E-state index in [1.165, 1.54) is 6.26 Å². The van der Waals surface area contributed by atoms with Crippen molar-refractivity contribution in [3.63, 3.8) is 0 Å². The van der Waals surface area contributed by atoms with Crippen LogP contribution in [0.25, 0.3) is 0 Å². The predicted molar refractivity (Wildman–Crippen MR) is 82.7 cm³/mol. The molecule has 1 aromatic carbocycles. The topological polar surface area (TPSA) is 71.3 Å². The van der Waals surface area contributed by atoms with Crippen molar-refractivity contribution < 1.29 is 14.0 Å². The van der Waals surface area contributed by atoms with Crippen molar-refractivity contribution in [2.75, 3.05) is 5.32 Å². The van der Waals surface area contributed by atoms with Gasteiger partial charge in [-0.1, -0.05) is 12.1 Å². The molecule has 2 heterocycles. The van der Waals surface area contributed by atoms with Gasteiger partial charge in [-0.15, -0.1) is 0 Å². The lowest BCUT2D eigenvalue weighted by Crippen LogP contribution is -2.27. The number of hydrogen-bond acceptors (Lipinski definition) is 3. The van der Waals surface area contributed by atoms with Crippen LogP contribution < -0.4 is 10.6 Å². The average Bonchev–Trinajstić information content (AvgIpc) is 2.92. The molecule has 1 atom stereocenters. The summed E-state index contributed by atoms with van der Waals surface area (Å²) in [5.41, 5.74) is 3.54. The molecule has 0 radical (unpaired) electrons. The zero-order chi connectivity index (χ0) is 15.7. The van der Waals surface area contributed by atoms with Crippen LogP contribution in [-0.4, -0.2) is 11.8 Å². The normalized spacial score (nSPS) is 14.9. The van der Waals surface area contributed by atoms with Crippen molar-refractivity contribution in [3.05, 3.63) is 53.0 Å². The Balaban J connectivity index is 1.75. The fourth-order valence-corrected chi connectivity index (χ4v) is 2.65. The van der Waals surface area contributed by atoms with Gasteiger partial charge < -0.3 is 15.1 Å². The van der Waals surface area contributed by atoms with Gasteiger partial charge in [0.15, 0.2) is 0 Å². The lowest BCUT2D eigenvalue weighted by Gasteiger charge is -2.20. The van der Waals surface area contributed by atoms with E-state index in [0.717, 1.165) is 23.2 Å². The van der Waals surface area contributed by atoms with Gasteiger partial charge >= 0.3 is 0 Å². The molecule has 3 rings (SSSR count). The molecule has 0 saturated carbocycles. The first-order valence-electron chi connectivity index (χ1n) is 7.32. The fourth-order valence-electron chi connectivity index (χ4n) is 2.65. The molecule has 0 saturated heterocycles. The predicted octanol–water partition coefficient (Wildman–Crippen LogP) is 2.96. The third-order valence-electron chi connectivity index (χ3n) is 3.98. The van der Waals surface area contributed by atoms with Crippen molar-refractivity contribution >= 4 is 17.5 Å². The molecule has 1 aliphatic heterocycles. The maximum absolute atomic E-state index is 12.2. The molecule has 0 spiro atoms. The van der Waals surface area contributed by atoms with Crippen molar-refractivity contribution in [2.45, 2.75) is 32.7 Å². The standard InChI is InChI=1S/C17H18N2O3/c1-10(18-17(21)14-7-8-22-11(14)2)12-3-5-15-13(9-12)4-6-16(20)19-15/h3,5,7-10H,4,6H2,1-2H3,(H,18,21)(H,19,20)/t10-/m0/s1. The number of anilines is 1. The van der Waals surface area contributed by atoms with Crippen LogP contribution in [0.5, 0.6) is 0 Å². The van der Waals surface area contributed by atoms with Crippen LogP contribution in [-0.2, 0) is 11.2 Å². The molecular weight excluding hydrogens is 280 g/mol. The Morgan fingerprint density at radius 1 is 1.32 bits per heavy atom. The Kier molecular flexibility index (Phi) is 3.71. The van der Waals surface area contributed by atoms with E-state index in [0.29, 0.717) is 17.7 Å². The van der Waals surface area contributed by atoms with Crippen LogP contribution >= 0.6 is 0 Å². The highest BCUT2D eigenvalue weighted by Gasteiger charge is 2.18. The van der Waals surface area contributed by atoms with Crippen LogP contribution in [0, 0.1) is 6.92 Å². The van der Waals surface area contributed by atoms with Gasteiger partial charge in [0.1, 0.15) is 5.76 Å². The molecule has 0 fully saturated rings. The summed E-state index contributed by atoms with van der Waals surface area (Å²) < 4.78 is 5.16. The molecule has 5 nitrogen and oxygen atoms in total. The minimum Gasteiger partial charge on any atom is -0.469 e. The average molecular weight is 298 g/mol. The van der Waals surface area contributed by atoms with Crippen LogP contribution in [0.4, 0.5) is 5.69 Å². The van der Waals surface area contributed by atoms with Gasteiger partial charge in [0.25, 0.3) is 5.91 Å². The highest BCUT2D eigenvalue weighted by molar-refractivity contribution is 5.95. The van der Waals surface area contributed by atoms with Gasteiger partial charge in [-0.3, -0.25) is 9.59 Å². The number of amides is 2. The first-order valence-corrected chi connectivity index (χ1v) is 7.32. The lowest BCUT2D eigenvalue weighted by atomic mass is 9.97. The second kappa shape index (κ2) is 5.67. The number of nitrogens with one attached hydrogen (secondary N) is 2. The largest absolute Gasteiger partial charge is 0.469 e. The summed E-state index contributed by atoms with van der Waals surface area (Å²) in [7, 11) is 0.